The van der Waals surface area contributed by atoms with Gasteiger partial charge in [0.2, 0.25) is 0 Å². The second kappa shape index (κ2) is 6.72. The van der Waals surface area contributed by atoms with Crippen LogP contribution in [0.2, 0.25) is 0 Å². The van der Waals surface area contributed by atoms with Gasteiger partial charge >= 0.3 is 0 Å². The van der Waals surface area contributed by atoms with Gasteiger partial charge in [0.25, 0.3) is 0 Å². The molecule has 2 aliphatic rings. The number of hydrogen-bond donors (Lipinski definition) is 1. The van der Waals surface area contributed by atoms with Crippen LogP contribution in [-0.2, 0) is 4.74 Å². The summed E-state index contributed by atoms with van der Waals surface area (Å²) in [6.45, 7) is 6.42. The van der Waals surface area contributed by atoms with Gasteiger partial charge in [-0.05, 0) is 38.8 Å². The first-order chi connectivity index (χ1) is 8.27. The summed E-state index contributed by atoms with van der Waals surface area (Å²) in [5.74, 6) is 0.879. The molecule has 0 amide bonds. The third-order valence-corrected chi connectivity index (χ3v) is 4.46. The molecule has 100 valence electrons. The van der Waals surface area contributed by atoms with Crippen molar-refractivity contribution in [1.82, 2.24) is 10.2 Å². The smallest absolute Gasteiger partial charge is 0.0620 e. The Morgan fingerprint density at radius 2 is 2.12 bits per heavy atom. The lowest BCUT2D eigenvalue weighted by atomic mass is 9.85. The van der Waals surface area contributed by atoms with E-state index in [-0.39, 0.29) is 0 Å². The maximum absolute atomic E-state index is 5.50. The molecule has 3 heteroatoms. The Morgan fingerprint density at radius 1 is 1.29 bits per heavy atom. The SMILES string of the molecule is CC1CCCCC1N(C)CCC1COCCN1. The highest BCUT2D eigenvalue weighted by atomic mass is 16.5. The van der Waals surface area contributed by atoms with Gasteiger partial charge in [0, 0.05) is 18.6 Å². The number of rotatable bonds is 4. The Balaban J connectivity index is 1.70. The molecule has 2 fully saturated rings. The zero-order valence-corrected chi connectivity index (χ0v) is 11.5. The monoisotopic (exact) mass is 240 g/mol. The van der Waals surface area contributed by atoms with E-state index in [1.165, 1.54) is 38.6 Å². The number of nitrogens with zero attached hydrogens (tertiary/aromatic N) is 1. The lowest BCUT2D eigenvalue weighted by Gasteiger charge is -2.37. The van der Waals surface area contributed by atoms with Gasteiger partial charge in [-0.15, -0.1) is 0 Å². The van der Waals surface area contributed by atoms with Crippen LogP contribution in [0.15, 0.2) is 0 Å². The Kier molecular flexibility index (Phi) is 5.26. The molecule has 17 heavy (non-hydrogen) atoms. The summed E-state index contributed by atoms with van der Waals surface area (Å²) < 4.78 is 5.50. The van der Waals surface area contributed by atoms with Gasteiger partial charge in [-0.1, -0.05) is 19.8 Å². The van der Waals surface area contributed by atoms with Crippen LogP contribution >= 0.6 is 0 Å². The van der Waals surface area contributed by atoms with Gasteiger partial charge in [0.15, 0.2) is 0 Å². The van der Waals surface area contributed by atoms with Crippen molar-refractivity contribution in [3.8, 4) is 0 Å². The van der Waals surface area contributed by atoms with E-state index < -0.39 is 0 Å². The van der Waals surface area contributed by atoms with Gasteiger partial charge < -0.3 is 15.0 Å². The first kappa shape index (κ1) is 13.3. The molecular formula is C14H28N2O. The predicted molar refractivity (Wildman–Crippen MR) is 71.3 cm³/mol. The summed E-state index contributed by atoms with van der Waals surface area (Å²) in [5, 5.41) is 3.54. The molecule has 0 spiro atoms. The van der Waals surface area contributed by atoms with E-state index in [1.54, 1.807) is 0 Å². The van der Waals surface area contributed by atoms with Crippen LogP contribution in [0.4, 0.5) is 0 Å². The molecule has 0 aromatic carbocycles. The van der Waals surface area contributed by atoms with Gasteiger partial charge in [-0.2, -0.15) is 0 Å². The highest BCUT2D eigenvalue weighted by molar-refractivity contribution is 4.80. The third-order valence-electron chi connectivity index (χ3n) is 4.46. The van der Waals surface area contributed by atoms with Crippen LogP contribution in [0.1, 0.15) is 39.0 Å². The standard InChI is InChI=1S/C14H28N2O/c1-12-5-3-4-6-14(12)16(2)9-7-13-11-17-10-8-15-13/h12-15H,3-11H2,1-2H3. The van der Waals surface area contributed by atoms with Gasteiger partial charge in [-0.25, -0.2) is 0 Å². The van der Waals surface area contributed by atoms with Crippen molar-refractivity contribution in [2.75, 3.05) is 33.4 Å². The van der Waals surface area contributed by atoms with Crippen LogP contribution < -0.4 is 5.32 Å². The first-order valence-corrected chi connectivity index (χ1v) is 7.28. The molecule has 0 radical (unpaired) electrons. The molecule has 0 aromatic rings. The minimum atomic E-state index is 0.574. The molecule has 3 atom stereocenters. The van der Waals surface area contributed by atoms with Crippen LogP contribution in [-0.4, -0.2) is 50.3 Å². The molecule has 1 saturated heterocycles. The zero-order chi connectivity index (χ0) is 12.1. The largest absolute Gasteiger partial charge is 0.379 e. The fraction of sp³-hybridized carbons (Fsp3) is 1.00. The lowest BCUT2D eigenvalue weighted by molar-refractivity contribution is 0.0647. The van der Waals surface area contributed by atoms with Crippen LogP contribution in [0, 0.1) is 5.92 Å². The van der Waals surface area contributed by atoms with E-state index in [0.717, 1.165) is 31.7 Å². The third kappa shape index (κ3) is 3.94. The van der Waals surface area contributed by atoms with Crippen molar-refractivity contribution in [3.63, 3.8) is 0 Å². The fourth-order valence-corrected chi connectivity index (χ4v) is 3.28. The van der Waals surface area contributed by atoms with E-state index in [0.29, 0.717) is 6.04 Å². The van der Waals surface area contributed by atoms with Crippen molar-refractivity contribution in [2.24, 2.45) is 5.92 Å². The lowest BCUT2D eigenvalue weighted by Crippen LogP contribution is -2.45. The second-order valence-corrected chi connectivity index (χ2v) is 5.82. The molecule has 1 N–H and O–H groups in total. The van der Waals surface area contributed by atoms with Crippen molar-refractivity contribution >= 4 is 0 Å². The summed E-state index contributed by atoms with van der Waals surface area (Å²) in [6.07, 6.45) is 6.89. The van der Waals surface area contributed by atoms with Gasteiger partial charge in [0.05, 0.1) is 13.2 Å². The topological polar surface area (TPSA) is 24.5 Å². The molecule has 0 bridgehead atoms. The zero-order valence-electron chi connectivity index (χ0n) is 11.5. The maximum atomic E-state index is 5.50. The number of hydrogen-bond acceptors (Lipinski definition) is 3. The fourth-order valence-electron chi connectivity index (χ4n) is 3.28. The summed E-state index contributed by atoms with van der Waals surface area (Å²) in [7, 11) is 2.30. The predicted octanol–water partition coefficient (Wildman–Crippen LogP) is 1.88. The van der Waals surface area contributed by atoms with Crippen molar-refractivity contribution in [3.05, 3.63) is 0 Å². The Bertz CT molecular complexity index is 216. The quantitative estimate of drug-likeness (QED) is 0.812. The van der Waals surface area contributed by atoms with Crippen molar-refractivity contribution in [2.45, 2.75) is 51.1 Å². The summed E-state index contributed by atoms with van der Waals surface area (Å²) in [5.41, 5.74) is 0. The van der Waals surface area contributed by atoms with Crippen molar-refractivity contribution in [1.29, 1.82) is 0 Å². The maximum Gasteiger partial charge on any atom is 0.0620 e. The van der Waals surface area contributed by atoms with E-state index in [2.05, 4.69) is 24.2 Å². The first-order valence-electron chi connectivity index (χ1n) is 7.28. The van der Waals surface area contributed by atoms with E-state index in [1.807, 2.05) is 0 Å². The molecule has 1 aliphatic heterocycles. The Morgan fingerprint density at radius 3 is 2.82 bits per heavy atom. The summed E-state index contributed by atoms with van der Waals surface area (Å²) >= 11 is 0. The Labute approximate surface area is 106 Å². The minimum Gasteiger partial charge on any atom is -0.379 e. The van der Waals surface area contributed by atoms with E-state index >= 15 is 0 Å². The highest BCUT2D eigenvalue weighted by Crippen LogP contribution is 2.27. The number of nitrogens with one attached hydrogen (secondary N) is 1. The number of ether oxygens (including phenoxy) is 1. The average molecular weight is 240 g/mol. The molecular weight excluding hydrogens is 212 g/mol. The van der Waals surface area contributed by atoms with E-state index in [4.69, 9.17) is 4.74 Å². The van der Waals surface area contributed by atoms with Crippen LogP contribution in [0.25, 0.3) is 0 Å². The van der Waals surface area contributed by atoms with Crippen LogP contribution in [0.3, 0.4) is 0 Å². The highest BCUT2D eigenvalue weighted by Gasteiger charge is 2.25. The van der Waals surface area contributed by atoms with E-state index in [9.17, 15) is 0 Å². The normalized spacial score (nSPS) is 35.1. The molecule has 1 aliphatic carbocycles. The number of morpholine rings is 1. The molecule has 3 unspecified atom stereocenters. The average Bonchev–Trinajstić information content (AvgIpc) is 2.38. The second-order valence-electron chi connectivity index (χ2n) is 5.82. The summed E-state index contributed by atoms with van der Waals surface area (Å²) in [4.78, 5) is 2.58. The molecule has 1 heterocycles. The molecule has 1 saturated carbocycles. The Hall–Kier alpha value is -0.120. The van der Waals surface area contributed by atoms with Crippen molar-refractivity contribution < 1.29 is 4.74 Å². The summed E-state index contributed by atoms with van der Waals surface area (Å²) in [6, 6.07) is 1.39. The van der Waals surface area contributed by atoms with Gasteiger partial charge in [0.1, 0.15) is 0 Å². The molecule has 3 nitrogen and oxygen atoms in total. The molecule has 2 rings (SSSR count). The molecule has 0 aromatic heterocycles. The van der Waals surface area contributed by atoms with Gasteiger partial charge in [-0.3, -0.25) is 0 Å². The van der Waals surface area contributed by atoms with Crippen LogP contribution in [0.5, 0.6) is 0 Å². The minimum absolute atomic E-state index is 0.574.